The average Bonchev–Trinajstić information content (AvgIpc) is 2.32. The molecule has 1 rings (SSSR count). The smallest absolute Gasteiger partial charge is 0.108 e. The molecule has 1 heterocycles. The van der Waals surface area contributed by atoms with Crippen LogP contribution in [0.4, 0.5) is 4.39 Å². The Morgan fingerprint density at radius 3 is 2.47 bits per heavy atom. The summed E-state index contributed by atoms with van der Waals surface area (Å²) in [6, 6.07) is 3.95. The molecule has 0 N–H and O–H groups in total. The Bertz CT molecular complexity index is 388. The van der Waals surface area contributed by atoms with Crippen LogP contribution in [0.15, 0.2) is 36.1 Å². The van der Waals surface area contributed by atoms with Crippen molar-refractivity contribution in [1.82, 2.24) is 4.98 Å². The number of rotatable bonds is 3. The first-order valence-corrected chi connectivity index (χ1v) is 5.98. The predicted octanol–water partition coefficient (Wildman–Crippen LogP) is 4.74. The summed E-state index contributed by atoms with van der Waals surface area (Å²) in [6.07, 6.45) is 5.12. The van der Waals surface area contributed by atoms with Gasteiger partial charge in [-0.15, -0.1) is 0 Å². The SMILES string of the molecule is CC.CC(C)=C(/C=C\CF)c1ccnc(C)c1. The Morgan fingerprint density at radius 1 is 1.35 bits per heavy atom. The molecule has 17 heavy (non-hydrogen) atoms. The first kappa shape index (κ1) is 15.6. The maximum absolute atomic E-state index is 12.1. The summed E-state index contributed by atoms with van der Waals surface area (Å²) in [5.41, 5.74) is 4.30. The van der Waals surface area contributed by atoms with Crippen molar-refractivity contribution in [2.45, 2.75) is 34.6 Å². The highest BCUT2D eigenvalue weighted by Crippen LogP contribution is 2.20. The quantitative estimate of drug-likeness (QED) is 0.690. The van der Waals surface area contributed by atoms with E-state index in [0.29, 0.717) is 0 Å². The van der Waals surface area contributed by atoms with Crippen molar-refractivity contribution in [3.05, 3.63) is 47.3 Å². The van der Waals surface area contributed by atoms with E-state index in [2.05, 4.69) is 4.98 Å². The lowest BCUT2D eigenvalue weighted by Gasteiger charge is -2.05. The van der Waals surface area contributed by atoms with Gasteiger partial charge in [0.25, 0.3) is 0 Å². The van der Waals surface area contributed by atoms with Crippen LogP contribution in [0.1, 0.15) is 39.0 Å². The number of alkyl halides is 1. The largest absolute Gasteiger partial charge is 0.262 e. The van der Waals surface area contributed by atoms with Gasteiger partial charge in [-0.05, 0) is 44.0 Å². The number of hydrogen-bond donors (Lipinski definition) is 0. The third kappa shape index (κ3) is 5.43. The predicted molar refractivity (Wildman–Crippen MR) is 73.7 cm³/mol. The molecule has 0 radical (unpaired) electrons. The molecule has 2 heteroatoms. The normalized spacial score (nSPS) is 9.76. The van der Waals surface area contributed by atoms with Crippen LogP contribution in [0.5, 0.6) is 0 Å². The maximum Gasteiger partial charge on any atom is 0.108 e. The molecule has 0 aliphatic heterocycles. The Hall–Kier alpha value is -1.44. The van der Waals surface area contributed by atoms with Crippen LogP contribution in [0.3, 0.4) is 0 Å². The number of halogens is 1. The van der Waals surface area contributed by atoms with E-state index in [-0.39, 0.29) is 0 Å². The van der Waals surface area contributed by atoms with Gasteiger partial charge in [0.2, 0.25) is 0 Å². The maximum atomic E-state index is 12.1. The summed E-state index contributed by atoms with van der Waals surface area (Å²) >= 11 is 0. The highest BCUT2D eigenvalue weighted by Gasteiger charge is 2.00. The van der Waals surface area contributed by atoms with Crippen LogP contribution in [0, 0.1) is 6.92 Å². The van der Waals surface area contributed by atoms with E-state index in [9.17, 15) is 4.39 Å². The summed E-state index contributed by atoms with van der Waals surface area (Å²) in [5.74, 6) is 0. The molecule has 1 nitrogen and oxygen atoms in total. The van der Waals surface area contributed by atoms with Crippen LogP contribution in [-0.2, 0) is 0 Å². The minimum Gasteiger partial charge on any atom is -0.262 e. The summed E-state index contributed by atoms with van der Waals surface area (Å²) < 4.78 is 12.1. The van der Waals surface area contributed by atoms with E-state index in [0.717, 1.165) is 16.8 Å². The van der Waals surface area contributed by atoms with E-state index in [4.69, 9.17) is 0 Å². The number of allylic oxidation sites excluding steroid dienone is 4. The van der Waals surface area contributed by atoms with Gasteiger partial charge in [0, 0.05) is 11.9 Å². The van der Waals surface area contributed by atoms with Gasteiger partial charge in [0.15, 0.2) is 0 Å². The molecule has 0 unspecified atom stereocenters. The number of nitrogens with zero attached hydrogens (tertiary/aromatic N) is 1. The van der Waals surface area contributed by atoms with Crippen LogP contribution in [0.2, 0.25) is 0 Å². The topological polar surface area (TPSA) is 12.9 Å². The van der Waals surface area contributed by atoms with Crippen molar-refractivity contribution in [3.63, 3.8) is 0 Å². The van der Waals surface area contributed by atoms with Crippen LogP contribution < -0.4 is 0 Å². The van der Waals surface area contributed by atoms with Gasteiger partial charge in [0.05, 0.1) is 0 Å². The van der Waals surface area contributed by atoms with Crippen LogP contribution in [0.25, 0.3) is 5.57 Å². The second kappa shape index (κ2) is 8.68. The van der Waals surface area contributed by atoms with Crippen molar-refractivity contribution in [2.24, 2.45) is 0 Å². The van der Waals surface area contributed by atoms with Crippen molar-refractivity contribution in [1.29, 1.82) is 0 Å². The van der Waals surface area contributed by atoms with Crippen LogP contribution >= 0.6 is 0 Å². The summed E-state index contributed by atoms with van der Waals surface area (Å²) in [6.45, 7) is 9.56. The Balaban J connectivity index is 0.00000121. The molecule has 0 aliphatic carbocycles. The minimum absolute atomic E-state index is 0.430. The molecule has 0 bridgehead atoms. The minimum atomic E-state index is -0.430. The van der Waals surface area contributed by atoms with Crippen molar-refractivity contribution >= 4 is 5.57 Å². The van der Waals surface area contributed by atoms with Crippen molar-refractivity contribution < 1.29 is 4.39 Å². The molecule has 0 spiro atoms. The lowest BCUT2D eigenvalue weighted by Crippen LogP contribution is -1.88. The molecule has 0 aromatic carbocycles. The molecule has 0 fully saturated rings. The highest BCUT2D eigenvalue weighted by atomic mass is 19.1. The molecule has 94 valence electrons. The Morgan fingerprint density at radius 2 is 2.00 bits per heavy atom. The number of hydrogen-bond acceptors (Lipinski definition) is 1. The molecule has 0 atom stereocenters. The average molecular weight is 235 g/mol. The van der Waals surface area contributed by atoms with Gasteiger partial charge in [-0.2, -0.15) is 0 Å². The summed E-state index contributed by atoms with van der Waals surface area (Å²) in [7, 11) is 0. The zero-order valence-corrected chi connectivity index (χ0v) is 11.4. The first-order valence-electron chi connectivity index (χ1n) is 5.98. The molecule has 1 aromatic heterocycles. The van der Waals surface area contributed by atoms with E-state index in [1.807, 2.05) is 52.8 Å². The number of aromatic nitrogens is 1. The van der Waals surface area contributed by atoms with E-state index < -0.39 is 6.67 Å². The molecule has 0 aliphatic rings. The zero-order chi connectivity index (χ0) is 13.3. The van der Waals surface area contributed by atoms with E-state index in [1.54, 1.807) is 6.20 Å². The first-order chi connectivity index (χ1) is 8.15. The third-order valence-electron chi connectivity index (χ3n) is 2.12. The van der Waals surface area contributed by atoms with Gasteiger partial charge in [-0.1, -0.05) is 31.6 Å². The molecule has 0 saturated carbocycles. The molecule has 1 aromatic rings. The van der Waals surface area contributed by atoms with Crippen molar-refractivity contribution in [3.8, 4) is 0 Å². The Labute approximate surface area is 104 Å². The lowest BCUT2D eigenvalue weighted by molar-refractivity contribution is 0.562. The zero-order valence-electron chi connectivity index (χ0n) is 11.4. The molecular formula is C15H22FN. The van der Waals surface area contributed by atoms with Gasteiger partial charge in [0.1, 0.15) is 6.67 Å². The van der Waals surface area contributed by atoms with Gasteiger partial charge >= 0.3 is 0 Å². The van der Waals surface area contributed by atoms with E-state index >= 15 is 0 Å². The fourth-order valence-electron chi connectivity index (χ4n) is 1.43. The second-order valence-electron chi connectivity index (χ2n) is 3.66. The Kier molecular flexibility index (Phi) is 7.95. The van der Waals surface area contributed by atoms with Crippen molar-refractivity contribution in [2.75, 3.05) is 6.67 Å². The van der Waals surface area contributed by atoms with Crippen LogP contribution in [-0.4, -0.2) is 11.7 Å². The summed E-state index contributed by atoms with van der Waals surface area (Å²) in [5, 5.41) is 0. The highest BCUT2D eigenvalue weighted by molar-refractivity contribution is 5.76. The number of pyridine rings is 1. The number of aryl methyl sites for hydroxylation is 1. The van der Waals surface area contributed by atoms with Gasteiger partial charge in [-0.25, -0.2) is 4.39 Å². The molecule has 0 amide bonds. The fraction of sp³-hybridized carbons (Fsp3) is 0.400. The van der Waals surface area contributed by atoms with Gasteiger partial charge < -0.3 is 0 Å². The standard InChI is InChI=1S/C13H16FN.C2H6/c1-10(2)13(5-4-7-14)12-6-8-15-11(3)9-12;1-2/h4-6,8-9H,7H2,1-3H3;1-2H3/b5-4-;. The molecule has 0 saturated heterocycles. The lowest BCUT2D eigenvalue weighted by atomic mass is 10.0. The third-order valence-corrected chi connectivity index (χ3v) is 2.12. The van der Waals surface area contributed by atoms with Gasteiger partial charge in [-0.3, -0.25) is 4.98 Å². The molecular weight excluding hydrogens is 213 g/mol. The second-order valence-corrected chi connectivity index (χ2v) is 3.66. The summed E-state index contributed by atoms with van der Waals surface area (Å²) in [4.78, 5) is 4.14. The monoisotopic (exact) mass is 235 g/mol. The van der Waals surface area contributed by atoms with E-state index in [1.165, 1.54) is 11.6 Å². The fourth-order valence-corrected chi connectivity index (χ4v) is 1.43.